The van der Waals surface area contributed by atoms with Crippen molar-refractivity contribution in [2.24, 2.45) is 0 Å². The normalized spacial score (nSPS) is 11.5. The van der Waals surface area contributed by atoms with Crippen molar-refractivity contribution in [3.8, 4) is 11.8 Å². The summed E-state index contributed by atoms with van der Waals surface area (Å²) in [5, 5.41) is 9.25. The third-order valence-corrected chi connectivity index (χ3v) is 3.04. The molecule has 0 aliphatic carbocycles. The Balaban J connectivity index is 2.49. The van der Waals surface area contributed by atoms with Crippen molar-refractivity contribution in [2.75, 3.05) is 7.11 Å². The number of methoxy groups -OCH3 is 1. The fourth-order valence-corrected chi connectivity index (χ4v) is 2.02. The molecule has 106 valence electrons. The summed E-state index contributed by atoms with van der Waals surface area (Å²) in [6.07, 6.45) is 0. The van der Waals surface area contributed by atoms with Crippen LogP contribution in [0.1, 0.15) is 21.8 Å². The number of para-hydroxylation sites is 1. The molecule has 0 heterocycles. The zero-order valence-corrected chi connectivity index (χ0v) is 11.1. The number of halogens is 2. The molecule has 0 spiro atoms. The van der Waals surface area contributed by atoms with E-state index in [1.54, 1.807) is 24.3 Å². The molecule has 2 aromatic rings. The van der Waals surface area contributed by atoms with Gasteiger partial charge in [-0.3, -0.25) is 4.79 Å². The van der Waals surface area contributed by atoms with E-state index in [0.29, 0.717) is 11.3 Å². The zero-order valence-electron chi connectivity index (χ0n) is 11.1. The van der Waals surface area contributed by atoms with Crippen LogP contribution in [0, 0.1) is 23.0 Å². The highest BCUT2D eigenvalue weighted by Gasteiger charge is 2.27. The predicted octanol–water partition coefficient (Wildman–Crippen LogP) is 3.46. The fraction of sp³-hybridized carbons (Fsp3) is 0.125. The Morgan fingerprint density at radius 1 is 1.24 bits per heavy atom. The van der Waals surface area contributed by atoms with Crippen LogP contribution in [0.2, 0.25) is 0 Å². The summed E-state index contributed by atoms with van der Waals surface area (Å²) in [6.45, 7) is 0. The van der Waals surface area contributed by atoms with Crippen molar-refractivity contribution in [1.82, 2.24) is 0 Å². The van der Waals surface area contributed by atoms with Crippen LogP contribution in [-0.2, 0) is 0 Å². The molecule has 0 saturated carbocycles. The van der Waals surface area contributed by atoms with Crippen LogP contribution >= 0.6 is 0 Å². The minimum atomic E-state index is -1.27. The Kier molecular flexibility index (Phi) is 4.29. The number of hydrogen-bond acceptors (Lipinski definition) is 3. The second-order valence-electron chi connectivity index (χ2n) is 4.29. The maximum absolute atomic E-state index is 13.7. The third-order valence-electron chi connectivity index (χ3n) is 3.04. The second kappa shape index (κ2) is 6.14. The lowest BCUT2D eigenvalue weighted by atomic mass is 9.91. The molecule has 0 aliphatic heterocycles. The SMILES string of the molecule is COc1ccccc1C(C#N)C(=O)c1cc(F)ccc1F. The van der Waals surface area contributed by atoms with Gasteiger partial charge in [0.15, 0.2) is 5.78 Å². The van der Waals surface area contributed by atoms with Gasteiger partial charge in [-0.15, -0.1) is 0 Å². The minimum Gasteiger partial charge on any atom is -0.496 e. The Morgan fingerprint density at radius 3 is 2.62 bits per heavy atom. The fourth-order valence-electron chi connectivity index (χ4n) is 2.02. The van der Waals surface area contributed by atoms with Crippen molar-refractivity contribution >= 4 is 5.78 Å². The zero-order chi connectivity index (χ0) is 15.4. The summed E-state index contributed by atoms with van der Waals surface area (Å²) in [4.78, 5) is 12.3. The molecule has 0 N–H and O–H groups in total. The summed E-state index contributed by atoms with van der Waals surface area (Å²) in [6, 6.07) is 10.8. The van der Waals surface area contributed by atoms with Gasteiger partial charge in [-0.1, -0.05) is 18.2 Å². The summed E-state index contributed by atoms with van der Waals surface area (Å²) in [5.74, 6) is -3.33. The molecule has 0 aliphatic rings. The molecule has 0 radical (unpaired) electrons. The van der Waals surface area contributed by atoms with E-state index < -0.39 is 28.9 Å². The van der Waals surface area contributed by atoms with E-state index in [-0.39, 0.29) is 0 Å². The number of Topliss-reactive ketones (excluding diaryl/α,β-unsaturated/α-hetero) is 1. The van der Waals surface area contributed by atoms with Gasteiger partial charge in [0.05, 0.1) is 18.7 Å². The first-order valence-corrected chi connectivity index (χ1v) is 6.10. The maximum atomic E-state index is 13.7. The monoisotopic (exact) mass is 287 g/mol. The van der Waals surface area contributed by atoms with E-state index in [0.717, 1.165) is 18.2 Å². The lowest BCUT2D eigenvalue weighted by molar-refractivity contribution is 0.0973. The number of rotatable bonds is 4. The predicted molar refractivity (Wildman–Crippen MR) is 72.0 cm³/mol. The quantitative estimate of drug-likeness (QED) is 0.809. The highest BCUT2D eigenvalue weighted by molar-refractivity contribution is 6.03. The highest BCUT2D eigenvalue weighted by atomic mass is 19.1. The van der Waals surface area contributed by atoms with Crippen molar-refractivity contribution in [3.63, 3.8) is 0 Å². The van der Waals surface area contributed by atoms with E-state index in [2.05, 4.69) is 0 Å². The summed E-state index contributed by atoms with van der Waals surface area (Å²) < 4.78 is 32.0. The van der Waals surface area contributed by atoms with Gasteiger partial charge in [0.25, 0.3) is 0 Å². The molecular weight excluding hydrogens is 276 g/mol. The number of ketones is 1. The average molecular weight is 287 g/mol. The van der Waals surface area contributed by atoms with Crippen molar-refractivity contribution in [1.29, 1.82) is 5.26 Å². The first-order chi connectivity index (χ1) is 10.1. The van der Waals surface area contributed by atoms with Gasteiger partial charge in [0, 0.05) is 5.56 Å². The summed E-state index contributed by atoms with van der Waals surface area (Å²) >= 11 is 0. The number of carbonyl (C=O) groups excluding carboxylic acids is 1. The van der Waals surface area contributed by atoms with Crippen molar-refractivity contribution < 1.29 is 18.3 Å². The number of carbonyl (C=O) groups is 1. The van der Waals surface area contributed by atoms with E-state index >= 15 is 0 Å². The van der Waals surface area contributed by atoms with Crippen LogP contribution < -0.4 is 4.74 Å². The van der Waals surface area contributed by atoms with E-state index in [4.69, 9.17) is 4.74 Å². The van der Waals surface area contributed by atoms with E-state index in [9.17, 15) is 18.8 Å². The molecule has 2 rings (SSSR count). The van der Waals surface area contributed by atoms with E-state index in [1.165, 1.54) is 7.11 Å². The molecule has 1 atom stereocenters. The van der Waals surface area contributed by atoms with Crippen LogP contribution in [0.3, 0.4) is 0 Å². The van der Waals surface area contributed by atoms with Gasteiger partial charge < -0.3 is 4.74 Å². The van der Waals surface area contributed by atoms with E-state index in [1.807, 2.05) is 6.07 Å². The Hall–Kier alpha value is -2.74. The van der Waals surface area contributed by atoms with Gasteiger partial charge in [-0.05, 0) is 24.3 Å². The molecule has 0 aromatic heterocycles. The molecule has 2 aromatic carbocycles. The largest absolute Gasteiger partial charge is 0.496 e. The average Bonchev–Trinajstić information content (AvgIpc) is 2.50. The van der Waals surface area contributed by atoms with Crippen molar-refractivity contribution in [3.05, 3.63) is 65.2 Å². The van der Waals surface area contributed by atoms with Crippen molar-refractivity contribution in [2.45, 2.75) is 5.92 Å². The molecule has 0 amide bonds. The van der Waals surface area contributed by atoms with Crippen LogP contribution in [0.4, 0.5) is 8.78 Å². The molecular formula is C16H11F2NO2. The molecule has 21 heavy (non-hydrogen) atoms. The van der Waals surface area contributed by atoms with Crippen LogP contribution in [-0.4, -0.2) is 12.9 Å². The second-order valence-corrected chi connectivity index (χ2v) is 4.29. The smallest absolute Gasteiger partial charge is 0.187 e. The summed E-state index contributed by atoms with van der Waals surface area (Å²) in [7, 11) is 1.40. The topological polar surface area (TPSA) is 50.1 Å². The number of benzene rings is 2. The first-order valence-electron chi connectivity index (χ1n) is 6.10. The Bertz CT molecular complexity index is 722. The number of ether oxygens (including phenoxy) is 1. The van der Waals surface area contributed by atoms with Gasteiger partial charge in [0.1, 0.15) is 23.3 Å². The maximum Gasteiger partial charge on any atom is 0.187 e. The standard InChI is InChI=1S/C16H11F2NO2/c1-21-15-5-3-2-4-11(15)13(9-19)16(20)12-8-10(17)6-7-14(12)18/h2-8,13H,1H3. The Labute approximate surface area is 120 Å². The lowest BCUT2D eigenvalue weighted by Crippen LogP contribution is -2.14. The first kappa shape index (κ1) is 14.7. The highest BCUT2D eigenvalue weighted by Crippen LogP contribution is 2.29. The molecule has 0 saturated heterocycles. The molecule has 0 bridgehead atoms. The number of nitriles is 1. The lowest BCUT2D eigenvalue weighted by Gasteiger charge is -2.13. The minimum absolute atomic E-state index is 0.316. The summed E-state index contributed by atoms with van der Waals surface area (Å²) in [5.41, 5.74) is -0.136. The van der Waals surface area contributed by atoms with Gasteiger partial charge in [-0.2, -0.15) is 5.26 Å². The molecule has 1 unspecified atom stereocenters. The van der Waals surface area contributed by atoms with Crippen LogP contribution in [0.5, 0.6) is 5.75 Å². The van der Waals surface area contributed by atoms with Gasteiger partial charge in [0.2, 0.25) is 0 Å². The molecule has 5 heteroatoms. The van der Waals surface area contributed by atoms with Crippen LogP contribution in [0.15, 0.2) is 42.5 Å². The molecule has 0 fully saturated rings. The number of nitrogens with zero attached hydrogens (tertiary/aromatic N) is 1. The third kappa shape index (κ3) is 2.90. The Morgan fingerprint density at radius 2 is 1.95 bits per heavy atom. The van der Waals surface area contributed by atoms with Crippen LogP contribution in [0.25, 0.3) is 0 Å². The molecule has 3 nitrogen and oxygen atoms in total. The number of hydrogen-bond donors (Lipinski definition) is 0. The van der Waals surface area contributed by atoms with Gasteiger partial charge >= 0.3 is 0 Å². The van der Waals surface area contributed by atoms with Gasteiger partial charge in [-0.25, -0.2) is 8.78 Å².